The summed E-state index contributed by atoms with van der Waals surface area (Å²) in [5.41, 5.74) is 2.68. The predicted octanol–water partition coefficient (Wildman–Crippen LogP) is 2.95. The second kappa shape index (κ2) is 6.30. The first-order valence-electron chi connectivity index (χ1n) is 8.43. The fraction of sp³-hybridized carbons (Fsp3) is 0.765. The van der Waals surface area contributed by atoms with Crippen molar-refractivity contribution in [1.82, 2.24) is 14.9 Å². The third-order valence-corrected chi connectivity index (χ3v) is 5.01. The van der Waals surface area contributed by atoms with Gasteiger partial charge in [0.05, 0.1) is 0 Å². The Morgan fingerprint density at radius 1 is 1.05 bits per heavy atom. The maximum absolute atomic E-state index is 4.71. The van der Waals surface area contributed by atoms with E-state index in [1.54, 1.807) is 0 Å². The van der Waals surface area contributed by atoms with Crippen molar-refractivity contribution in [2.24, 2.45) is 0 Å². The molecule has 0 aromatic carbocycles. The maximum atomic E-state index is 4.71. The van der Waals surface area contributed by atoms with E-state index in [2.05, 4.69) is 29.3 Å². The molecule has 0 spiro atoms. The van der Waals surface area contributed by atoms with Crippen LogP contribution in [-0.4, -0.2) is 41.0 Å². The first-order chi connectivity index (χ1) is 10.1. The minimum absolute atomic E-state index is 0.562. The summed E-state index contributed by atoms with van der Waals surface area (Å²) >= 11 is 0. The zero-order valence-electron chi connectivity index (χ0n) is 13.7. The molecule has 1 aromatic heterocycles. The molecular weight excluding hydrogens is 260 g/mol. The highest BCUT2D eigenvalue weighted by molar-refractivity contribution is 5.48. The Kier molecular flexibility index (Phi) is 4.43. The van der Waals surface area contributed by atoms with Crippen molar-refractivity contribution in [3.05, 3.63) is 17.1 Å². The van der Waals surface area contributed by atoms with Crippen LogP contribution in [0.3, 0.4) is 0 Å². The summed E-state index contributed by atoms with van der Waals surface area (Å²) in [4.78, 5) is 11.7. The van der Waals surface area contributed by atoms with Crippen LogP contribution in [0.25, 0.3) is 0 Å². The lowest BCUT2D eigenvalue weighted by Gasteiger charge is -2.34. The Hall–Kier alpha value is -1.16. The van der Waals surface area contributed by atoms with Crippen LogP contribution in [0.1, 0.15) is 55.6 Å². The number of fused-ring (bicyclic) bond motifs is 1. The Morgan fingerprint density at radius 3 is 2.67 bits per heavy atom. The number of rotatable bonds is 3. The average Bonchev–Trinajstić information content (AvgIpc) is 2.47. The molecule has 1 saturated carbocycles. The smallest absolute Gasteiger partial charge is 0.133 e. The molecule has 1 N–H and O–H groups in total. The van der Waals surface area contributed by atoms with E-state index in [9.17, 15) is 0 Å². The summed E-state index contributed by atoms with van der Waals surface area (Å²) in [6.45, 7) is 2.02. The molecule has 4 heteroatoms. The molecule has 2 atom stereocenters. The quantitative estimate of drug-likeness (QED) is 0.928. The molecule has 4 nitrogen and oxygen atoms in total. The van der Waals surface area contributed by atoms with Gasteiger partial charge in [0.15, 0.2) is 0 Å². The molecule has 0 saturated heterocycles. The highest BCUT2D eigenvalue weighted by atomic mass is 15.1. The summed E-state index contributed by atoms with van der Waals surface area (Å²) in [7, 11) is 4.40. The van der Waals surface area contributed by atoms with Crippen LogP contribution in [0.5, 0.6) is 0 Å². The van der Waals surface area contributed by atoms with Crippen LogP contribution in [0.2, 0.25) is 0 Å². The predicted molar refractivity (Wildman–Crippen MR) is 86.8 cm³/mol. The van der Waals surface area contributed by atoms with Gasteiger partial charge in [-0.05, 0) is 72.4 Å². The number of anilines is 1. The molecular formula is C17H28N4. The van der Waals surface area contributed by atoms with E-state index in [1.807, 2.05) is 6.92 Å². The molecule has 3 rings (SSSR count). The normalized spacial score (nSPS) is 25.7. The molecule has 2 unspecified atom stereocenters. The topological polar surface area (TPSA) is 41.1 Å². The van der Waals surface area contributed by atoms with Gasteiger partial charge < -0.3 is 10.2 Å². The van der Waals surface area contributed by atoms with Gasteiger partial charge in [-0.25, -0.2) is 9.97 Å². The van der Waals surface area contributed by atoms with Crippen LogP contribution >= 0.6 is 0 Å². The summed E-state index contributed by atoms with van der Waals surface area (Å²) in [6.07, 6.45) is 9.94. The lowest BCUT2D eigenvalue weighted by atomic mass is 9.89. The van der Waals surface area contributed by atoms with Crippen molar-refractivity contribution >= 4 is 5.82 Å². The van der Waals surface area contributed by atoms with Gasteiger partial charge in [0, 0.05) is 23.3 Å². The molecule has 2 aliphatic rings. The number of hydrogen-bond acceptors (Lipinski definition) is 4. The van der Waals surface area contributed by atoms with Crippen molar-refractivity contribution in [3.8, 4) is 0 Å². The molecule has 0 amide bonds. The van der Waals surface area contributed by atoms with E-state index in [-0.39, 0.29) is 0 Å². The van der Waals surface area contributed by atoms with Crippen LogP contribution in [-0.2, 0) is 12.8 Å². The number of aromatic nitrogens is 2. The van der Waals surface area contributed by atoms with Gasteiger partial charge >= 0.3 is 0 Å². The fourth-order valence-electron chi connectivity index (χ4n) is 3.79. The van der Waals surface area contributed by atoms with Crippen LogP contribution in [0.15, 0.2) is 0 Å². The number of nitrogens with one attached hydrogen (secondary N) is 1. The van der Waals surface area contributed by atoms with Crippen LogP contribution in [0.4, 0.5) is 5.82 Å². The fourth-order valence-corrected chi connectivity index (χ4v) is 3.79. The van der Waals surface area contributed by atoms with E-state index in [0.29, 0.717) is 12.1 Å². The van der Waals surface area contributed by atoms with Gasteiger partial charge in [-0.1, -0.05) is 0 Å². The number of nitrogens with zero attached hydrogens (tertiary/aromatic N) is 3. The summed E-state index contributed by atoms with van der Waals surface area (Å²) in [5.74, 6) is 2.04. The molecule has 21 heavy (non-hydrogen) atoms. The van der Waals surface area contributed by atoms with Crippen molar-refractivity contribution in [1.29, 1.82) is 0 Å². The van der Waals surface area contributed by atoms with E-state index >= 15 is 0 Å². The van der Waals surface area contributed by atoms with Crippen molar-refractivity contribution in [3.63, 3.8) is 0 Å². The first kappa shape index (κ1) is 14.8. The Bertz CT molecular complexity index is 498. The van der Waals surface area contributed by atoms with Gasteiger partial charge in [0.25, 0.3) is 0 Å². The Balaban J connectivity index is 1.76. The lowest BCUT2D eigenvalue weighted by Crippen LogP contribution is -2.38. The minimum atomic E-state index is 0.562. The first-order valence-corrected chi connectivity index (χ1v) is 8.43. The number of hydrogen-bond donors (Lipinski definition) is 1. The molecule has 1 aromatic rings. The summed E-state index contributed by atoms with van der Waals surface area (Å²) < 4.78 is 0. The van der Waals surface area contributed by atoms with E-state index in [4.69, 9.17) is 4.98 Å². The molecule has 116 valence electrons. The van der Waals surface area contributed by atoms with Crippen molar-refractivity contribution in [2.45, 2.75) is 70.4 Å². The largest absolute Gasteiger partial charge is 0.367 e. The van der Waals surface area contributed by atoms with Crippen LogP contribution in [0, 0.1) is 6.92 Å². The zero-order chi connectivity index (χ0) is 14.8. The van der Waals surface area contributed by atoms with E-state index in [0.717, 1.165) is 24.5 Å². The highest BCUT2D eigenvalue weighted by Crippen LogP contribution is 2.29. The van der Waals surface area contributed by atoms with Gasteiger partial charge in [0.2, 0.25) is 0 Å². The molecule has 1 heterocycles. The summed E-state index contributed by atoms with van der Waals surface area (Å²) in [6, 6.07) is 1.27. The standard InChI is InChI=1S/C17H28N4/c1-12-18-16-10-5-4-9-15(16)17(19-12)20-13-7-6-8-14(11-13)21(2)3/h13-14H,4-11H2,1-3H3,(H,18,19,20). The van der Waals surface area contributed by atoms with Gasteiger partial charge in [0.1, 0.15) is 11.6 Å². The molecule has 0 aliphatic heterocycles. The van der Waals surface area contributed by atoms with E-state index in [1.165, 1.54) is 49.8 Å². The molecule has 2 aliphatic carbocycles. The third-order valence-electron chi connectivity index (χ3n) is 5.01. The monoisotopic (exact) mass is 288 g/mol. The molecule has 0 bridgehead atoms. The minimum Gasteiger partial charge on any atom is -0.367 e. The Labute approximate surface area is 128 Å². The van der Waals surface area contributed by atoms with Crippen molar-refractivity contribution in [2.75, 3.05) is 19.4 Å². The lowest BCUT2D eigenvalue weighted by molar-refractivity contribution is 0.219. The number of aryl methyl sites for hydroxylation is 2. The Morgan fingerprint density at radius 2 is 1.86 bits per heavy atom. The average molecular weight is 288 g/mol. The van der Waals surface area contributed by atoms with Crippen LogP contribution < -0.4 is 5.32 Å². The third kappa shape index (κ3) is 3.37. The molecule has 1 fully saturated rings. The van der Waals surface area contributed by atoms with Crippen molar-refractivity contribution < 1.29 is 0 Å². The molecule has 0 radical (unpaired) electrons. The second-order valence-corrected chi connectivity index (χ2v) is 6.88. The highest BCUT2D eigenvalue weighted by Gasteiger charge is 2.25. The zero-order valence-corrected chi connectivity index (χ0v) is 13.7. The van der Waals surface area contributed by atoms with E-state index < -0.39 is 0 Å². The van der Waals surface area contributed by atoms with Gasteiger partial charge in [-0.3, -0.25) is 0 Å². The maximum Gasteiger partial charge on any atom is 0.133 e. The van der Waals surface area contributed by atoms with Gasteiger partial charge in [-0.15, -0.1) is 0 Å². The van der Waals surface area contributed by atoms with Gasteiger partial charge in [-0.2, -0.15) is 0 Å². The summed E-state index contributed by atoms with van der Waals surface area (Å²) in [5, 5.41) is 3.76. The second-order valence-electron chi connectivity index (χ2n) is 6.88. The SMILES string of the molecule is Cc1nc2c(c(NC3CCCC(N(C)C)C3)n1)CCCC2.